The second kappa shape index (κ2) is 9.92. The first-order valence-corrected chi connectivity index (χ1v) is 10.6. The fourth-order valence-corrected chi connectivity index (χ4v) is 5.58. The van der Waals surface area contributed by atoms with Crippen LogP contribution in [0, 0.1) is 0 Å². The van der Waals surface area contributed by atoms with E-state index in [1.807, 2.05) is 7.05 Å². The van der Waals surface area contributed by atoms with Crippen LogP contribution < -0.4 is 10.8 Å². The molecule has 2 N–H and O–H groups in total. The average Bonchev–Trinajstić information content (AvgIpc) is 2.32. The summed E-state index contributed by atoms with van der Waals surface area (Å²) < 4.78 is 6.34. The van der Waals surface area contributed by atoms with E-state index >= 15 is 0 Å². The smallest absolute Gasteiger partial charge is 0.223 e. The number of hydrogen-bond acceptors (Lipinski definition) is 5. The van der Waals surface area contributed by atoms with Gasteiger partial charge in [0.2, 0.25) is 8.32 Å². The molecule has 0 amide bonds. The Hall–Kier alpha value is 0.0169. The van der Waals surface area contributed by atoms with Crippen molar-refractivity contribution >= 4 is 8.32 Å². The lowest BCUT2D eigenvalue weighted by molar-refractivity contribution is -0.0425. The zero-order valence-electron chi connectivity index (χ0n) is 15.4. The number of nitrogens with zero attached hydrogens (tertiary/aromatic N) is 1. The minimum Gasteiger partial charge on any atom is -0.412 e. The first-order chi connectivity index (χ1) is 9.64. The second-order valence-corrected chi connectivity index (χ2v) is 11.3. The van der Waals surface area contributed by atoms with Crippen molar-refractivity contribution in [3.8, 4) is 0 Å². The van der Waals surface area contributed by atoms with Gasteiger partial charge in [0.25, 0.3) is 0 Å². The van der Waals surface area contributed by atoms with Gasteiger partial charge in [0.15, 0.2) is 0 Å². The summed E-state index contributed by atoms with van der Waals surface area (Å²) in [5.41, 5.74) is 2.84. The maximum Gasteiger partial charge on any atom is 0.223 e. The first-order valence-electron chi connectivity index (χ1n) is 8.02. The third-order valence-electron chi connectivity index (χ3n) is 3.87. The summed E-state index contributed by atoms with van der Waals surface area (Å²) in [6.45, 7) is 13.9. The Morgan fingerprint density at radius 2 is 1.81 bits per heavy atom. The van der Waals surface area contributed by atoms with E-state index in [2.05, 4.69) is 64.0 Å². The van der Waals surface area contributed by atoms with Crippen molar-refractivity contribution in [1.29, 1.82) is 0 Å². The highest BCUT2D eigenvalue weighted by Gasteiger charge is 2.47. The molecule has 0 rings (SSSR count). The van der Waals surface area contributed by atoms with Crippen LogP contribution in [0.25, 0.3) is 0 Å². The SMILES string of the molecule is CNOC(C)(C)[Si](C)(CCCNCCN(C)C)OC(C)C. The van der Waals surface area contributed by atoms with Crippen LogP contribution in [0.3, 0.4) is 0 Å². The Labute approximate surface area is 132 Å². The van der Waals surface area contributed by atoms with E-state index in [1.54, 1.807) is 0 Å². The molecule has 0 aromatic heterocycles. The van der Waals surface area contributed by atoms with E-state index in [0.717, 1.165) is 32.1 Å². The van der Waals surface area contributed by atoms with Gasteiger partial charge in [-0.3, -0.25) is 4.84 Å². The molecular weight excluding hydrogens is 282 g/mol. The van der Waals surface area contributed by atoms with Crippen LogP contribution in [0.2, 0.25) is 12.6 Å². The van der Waals surface area contributed by atoms with Crippen molar-refractivity contribution in [1.82, 2.24) is 15.7 Å². The summed E-state index contributed by atoms with van der Waals surface area (Å²) >= 11 is 0. The summed E-state index contributed by atoms with van der Waals surface area (Å²) in [6, 6.07) is 1.09. The molecule has 1 atom stereocenters. The zero-order valence-corrected chi connectivity index (χ0v) is 16.4. The zero-order chi connectivity index (χ0) is 16.5. The van der Waals surface area contributed by atoms with Gasteiger partial charge in [-0.2, -0.15) is 0 Å². The molecule has 1 unspecified atom stereocenters. The van der Waals surface area contributed by atoms with Gasteiger partial charge in [0, 0.05) is 26.2 Å². The molecular formula is C15H37N3O2Si. The molecule has 0 heterocycles. The van der Waals surface area contributed by atoms with Crippen LogP contribution in [-0.2, 0) is 9.26 Å². The Bertz CT molecular complexity index is 276. The minimum absolute atomic E-state index is 0.239. The molecule has 21 heavy (non-hydrogen) atoms. The largest absolute Gasteiger partial charge is 0.412 e. The normalized spacial score (nSPS) is 15.7. The number of hydrogen-bond donors (Lipinski definition) is 2. The van der Waals surface area contributed by atoms with Gasteiger partial charge in [-0.25, -0.2) is 5.48 Å². The lowest BCUT2D eigenvalue weighted by atomic mass is 10.4. The van der Waals surface area contributed by atoms with Gasteiger partial charge in [-0.05, 0) is 67.3 Å². The standard InChI is InChI=1S/C15H37N3O2Si/c1-14(2)19-21(8,15(3,4)20-16-5)13-9-10-17-11-12-18(6)7/h14,16-17H,9-13H2,1-8H3. The van der Waals surface area contributed by atoms with Gasteiger partial charge >= 0.3 is 0 Å². The first kappa shape index (κ1) is 21.0. The Morgan fingerprint density at radius 3 is 2.29 bits per heavy atom. The van der Waals surface area contributed by atoms with Crippen molar-refractivity contribution in [2.45, 2.75) is 58.0 Å². The van der Waals surface area contributed by atoms with Crippen molar-refractivity contribution in [2.24, 2.45) is 0 Å². The van der Waals surface area contributed by atoms with E-state index in [0.29, 0.717) is 0 Å². The Balaban J connectivity index is 4.36. The molecule has 0 saturated carbocycles. The molecule has 6 heteroatoms. The lowest BCUT2D eigenvalue weighted by Crippen LogP contribution is -2.59. The number of rotatable bonds is 12. The molecule has 0 aliphatic heterocycles. The number of likely N-dealkylation sites (N-methyl/N-ethyl adjacent to an activating group) is 1. The fraction of sp³-hybridized carbons (Fsp3) is 1.00. The van der Waals surface area contributed by atoms with Crippen LogP contribution in [-0.4, -0.2) is 65.3 Å². The van der Waals surface area contributed by atoms with Gasteiger partial charge in [-0.1, -0.05) is 0 Å². The highest BCUT2D eigenvalue weighted by Crippen LogP contribution is 2.30. The summed E-state index contributed by atoms with van der Waals surface area (Å²) in [6.07, 6.45) is 1.36. The van der Waals surface area contributed by atoms with E-state index < -0.39 is 8.32 Å². The molecule has 0 aromatic carbocycles. The maximum absolute atomic E-state index is 6.34. The topological polar surface area (TPSA) is 45.8 Å². The van der Waals surface area contributed by atoms with E-state index in [1.165, 1.54) is 0 Å². The third kappa shape index (κ3) is 8.28. The molecule has 0 aromatic rings. The molecule has 0 aliphatic carbocycles. The molecule has 128 valence electrons. The molecule has 0 fully saturated rings. The number of hydroxylamine groups is 1. The Morgan fingerprint density at radius 1 is 1.19 bits per heavy atom. The maximum atomic E-state index is 6.34. The van der Waals surface area contributed by atoms with Crippen LogP contribution in [0.4, 0.5) is 0 Å². The van der Waals surface area contributed by atoms with Crippen molar-refractivity contribution in [2.75, 3.05) is 40.8 Å². The Kier molecular flexibility index (Phi) is 9.93. The van der Waals surface area contributed by atoms with Crippen LogP contribution in [0.15, 0.2) is 0 Å². The highest BCUT2D eigenvalue weighted by molar-refractivity contribution is 6.75. The minimum atomic E-state index is -1.98. The predicted octanol–water partition coefficient (Wildman–Crippen LogP) is 2.00. The molecule has 0 bridgehead atoms. The molecule has 0 saturated heterocycles. The van der Waals surface area contributed by atoms with Gasteiger partial charge in [0.1, 0.15) is 5.22 Å². The van der Waals surface area contributed by atoms with E-state index in [9.17, 15) is 0 Å². The second-order valence-electron chi connectivity index (χ2n) is 6.87. The summed E-state index contributed by atoms with van der Waals surface area (Å²) in [4.78, 5) is 7.96. The quantitative estimate of drug-likeness (QED) is 0.327. The summed E-state index contributed by atoms with van der Waals surface area (Å²) in [5.74, 6) is 0. The average molecular weight is 320 g/mol. The van der Waals surface area contributed by atoms with Crippen molar-refractivity contribution < 1.29 is 9.26 Å². The third-order valence-corrected chi connectivity index (χ3v) is 8.82. The molecule has 0 aliphatic rings. The van der Waals surface area contributed by atoms with E-state index in [-0.39, 0.29) is 11.3 Å². The van der Waals surface area contributed by atoms with E-state index in [4.69, 9.17) is 9.26 Å². The van der Waals surface area contributed by atoms with Crippen LogP contribution >= 0.6 is 0 Å². The van der Waals surface area contributed by atoms with Crippen molar-refractivity contribution in [3.05, 3.63) is 0 Å². The molecule has 5 nitrogen and oxygen atoms in total. The predicted molar refractivity (Wildman–Crippen MR) is 92.9 cm³/mol. The molecule has 0 radical (unpaired) electrons. The number of nitrogens with one attached hydrogen (secondary N) is 2. The van der Waals surface area contributed by atoms with Gasteiger partial charge in [-0.15, -0.1) is 0 Å². The lowest BCUT2D eigenvalue weighted by Gasteiger charge is -2.42. The fourth-order valence-electron chi connectivity index (χ4n) is 2.36. The summed E-state index contributed by atoms with van der Waals surface area (Å²) in [7, 11) is 4.03. The van der Waals surface area contributed by atoms with Gasteiger partial charge in [0.05, 0.1) is 0 Å². The van der Waals surface area contributed by atoms with Crippen molar-refractivity contribution in [3.63, 3.8) is 0 Å². The van der Waals surface area contributed by atoms with Crippen LogP contribution in [0.1, 0.15) is 34.1 Å². The highest BCUT2D eigenvalue weighted by atomic mass is 28.4. The monoisotopic (exact) mass is 319 g/mol. The van der Waals surface area contributed by atoms with Crippen LogP contribution in [0.5, 0.6) is 0 Å². The molecule has 0 spiro atoms. The summed E-state index contributed by atoms with van der Waals surface area (Å²) in [5, 5.41) is 3.24. The van der Waals surface area contributed by atoms with Gasteiger partial charge < -0.3 is 14.6 Å².